The average Bonchev–Trinajstić information content (AvgIpc) is 4.07. The van der Waals surface area contributed by atoms with Crippen molar-refractivity contribution in [3.8, 4) is 45.5 Å². The van der Waals surface area contributed by atoms with E-state index in [9.17, 15) is 0 Å². The third kappa shape index (κ3) is 5.96. The smallest absolute Gasteiger partial charge is 0.170 e. The lowest BCUT2D eigenvalue weighted by Crippen LogP contribution is -2.05. The molecule has 0 saturated carbocycles. The molecule has 70 heavy (non-hydrogen) atoms. The van der Waals surface area contributed by atoms with Gasteiger partial charge in [-0.05, 0) is 112 Å². The lowest BCUT2D eigenvalue weighted by atomic mass is 10.0. The minimum Gasteiger partial charge on any atom is -0.455 e. The molecule has 0 bridgehead atoms. The zero-order chi connectivity index (χ0) is 46.5. The number of nitrogens with zero attached hydrogens (tertiary/aromatic N) is 5. The van der Waals surface area contributed by atoms with Gasteiger partial charge in [0.05, 0.1) is 33.5 Å². The third-order valence-electron chi connectivity index (χ3n) is 14.0. The first kappa shape index (κ1) is 39.7. The van der Waals surface area contributed by atoms with Crippen molar-refractivity contribution in [2.45, 2.75) is 6.92 Å². The molecule has 0 aliphatic heterocycles. The normalized spacial score (nSPS) is 12.1. The molecule has 0 saturated heterocycles. The molecule has 0 unspecified atom stereocenters. The van der Waals surface area contributed by atoms with Crippen LogP contribution in [0.25, 0.3) is 145 Å². The molecule has 0 amide bonds. The zero-order valence-electron chi connectivity index (χ0n) is 38.1. The number of aromatic nitrogens is 5. The first-order chi connectivity index (χ1) is 34.6. The topological polar surface area (TPSA) is 61.7 Å². The van der Waals surface area contributed by atoms with Gasteiger partial charge in [0.2, 0.25) is 0 Å². The Balaban J connectivity index is 1.12. The van der Waals surface area contributed by atoms with Crippen molar-refractivity contribution in [3.63, 3.8) is 0 Å². The molecule has 0 fully saturated rings. The van der Waals surface area contributed by atoms with Crippen molar-refractivity contribution in [2.24, 2.45) is 0 Å². The molecule has 0 aliphatic carbocycles. The van der Waals surface area contributed by atoms with Gasteiger partial charge in [-0.2, -0.15) is 0 Å². The molecule has 0 radical (unpaired) electrons. The van der Waals surface area contributed by atoms with E-state index in [1.165, 1.54) is 0 Å². The van der Waals surface area contributed by atoms with Gasteiger partial charge in [0.25, 0.3) is 0 Å². The van der Waals surface area contributed by atoms with Gasteiger partial charge in [-0.3, -0.25) is 0 Å². The highest BCUT2D eigenvalue weighted by molar-refractivity contribution is 6.21. The summed E-state index contributed by atoms with van der Waals surface area (Å²) in [5, 5.41) is 12.1. The SMILES string of the molecule is C=Cc1c(/C=C\C)n(-c2ccc3c(oc4ccc5ccccc5c43)c2-c2nc(-c3ccc4c(c3)c3ccccc3n4-c3ccccc3)nc(-c3cccc4ccccc34)n2)c2cc3ccccc3cc12. The highest BCUT2D eigenvalue weighted by atomic mass is 16.3. The van der Waals surface area contributed by atoms with E-state index in [0.717, 1.165) is 121 Å². The number of furan rings is 1. The maximum absolute atomic E-state index is 7.18. The lowest BCUT2D eigenvalue weighted by Gasteiger charge is -2.16. The molecule has 0 N–H and O–H groups in total. The van der Waals surface area contributed by atoms with E-state index in [-0.39, 0.29) is 0 Å². The van der Waals surface area contributed by atoms with Gasteiger partial charge in [0.1, 0.15) is 11.2 Å². The van der Waals surface area contributed by atoms with Crippen molar-refractivity contribution in [1.82, 2.24) is 24.1 Å². The molecule has 0 atom stereocenters. The Morgan fingerprint density at radius 3 is 1.96 bits per heavy atom. The van der Waals surface area contributed by atoms with Crippen LogP contribution in [-0.4, -0.2) is 24.1 Å². The van der Waals surface area contributed by atoms with Gasteiger partial charge in [0, 0.05) is 49.3 Å². The summed E-state index contributed by atoms with van der Waals surface area (Å²) in [5.41, 5.74) is 11.3. The number of allylic oxidation sites excluding steroid dienone is 1. The van der Waals surface area contributed by atoms with Crippen LogP contribution in [0.4, 0.5) is 0 Å². The number of hydrogen-bond donors (Lipinski definition) is 0. The largest absolute Gasteiger partial charge is 0.455 e. The Bertz CT molecular complexity index is 4510. The van der Waals surface area contributed by atoms with Crippen LogP contribution >= 0.6 is 0 Å². The standard InChI is InChI=1S/C64H41N5O/c1-3-17-53-45(4-2)51-36-41-20-8-9-21-42(41)38-57(51)69(53)56-34-32-50-59-47-26-13-11-19-40(47)31-35-58(59)70-61(50)60(56)64-66-62(65-63(67-64)49-28-16-22-39-18-10-12-25-46(39)49)43-30-33-55-52(37-43)48-27-14-15-29-54(48)68(55)44-23-6-5-7-24-44/h3-38H,2H2,1H3/b17-3-. The first-order valence-electron chi connectivity index (χ1n) is 23.7. The predicted octanol–water partition coefficient (Wildman–Crippen LogP) is 16.9. The number of benzene rings is 10. The van der Waals surface area contributed by atoms with E-state index in [1.54, 1.807) is 0 Å². The van der Waals surface area contributed by atoms with Crippen LogP contribution in [0.1, 0.15) is 18.2 Å². The van der Waals surface area contributed by atoms with Crippen molar-refractivity contribution in [1.29, 1.82) is 0 Å². The Labute approximate surface area is 402 Å². The fourth-order valence-electron chi connectivity index (χ4n) is 10.9. The third-order valence-corrected chi connectivity index (χ3v) is 14.0. The predicted molar refractivity (Wildman–Crippen MR) is 292 cm³/mol. The first-order valence-corrected chi connectivity index (χ1v) is 23.7. The molecule has 14 aromatic rings. The summed E-state index contributed by atoms with van der Waals surface area (Å²) in [4.78, 5) is 16.6. The van der Waals surface area contributed by atoms with Crippen LogP contribution in [0.2, 0.25) is 0 Å². The van der Waals surface area contributed by atoms with Crippen LogP contribution in [0.3, 0.4) is 0 Å². The van der Waals surface area contributed by atoms with Gasteiger partial charge in [-0.1, -0.05) is 152 Å². The average molecular weight is 896 g/mol. The van der Waals surface area contributed by atoms with E-state index in [2.05, 4.69) is 235 Å². The summed E-state index contributed by atoms with van der Waals surface area (Å²) in [5.74, 6) is 1.62. The minimum atomic E-state index is 0.498. The molecule has 4 heterocycles. The number of para-hydroxylation sites is 2. The summed E-state index contributed by atoms with van der Waals surface area (Å²) in [6, 6.07) is 70.7. The fraction of sp³-hybridized carbons (Fsp3) is 0.0156. The Morgan fingerprint density at radius 2 is 1.14 bits per heavy atom. The quantitative estimate of drug-likeness (QED) is 0.160. The summed E-state index contributed by atoms with van der Waals surface area (Å²) in [7, 11) is 0. The second kappa shape index (κ2) is 15.6. The number of rotatable bonds is 7. The fourth-order valence-corrected chi connectivity index (χ4v) is 10.9. The molecule has 6 nitrogen and oxygen atoms in total. The lowest BCUT2D eigenvalue weighted by molar-refractivity contribution is 0.669. The van der Waals surface area contributed by atoms with Crippen LogP contribution in [0.15, 0.2) is 217 Å². The van der Waals surface area contributed by atoms with Gasteiger partial charge >= 0.3 is 0 Å². The minimum absolute atomic E-state index is 0.498. The summed E-state index contributed by atoms with van der Waals surface area (Å²) in [6.45, 7) is 6.43. The van der Waals surface area contributed by atoms with E-state index < -0.39 is 0 Å². The molecule has 0 aliphatic rings. The second-order valence-corrected chi connectivity index (χ2v) is 17.9. The monoisotopic (exact) mass is 895 g/mol. The van der Waals surface area contributed by atoms with Crippen LogP contribution in [0, 0.1) is 0 Å². The molecule has 4 aromatic heterocycles. The molecule has 0 spiro atoms. The van der Waals surface area contributed by atoms with Crippen LogP contribution in [0.5, 0.6) is 0 Å². The van der Waals surface area contributed by atoms with Crippen LogP contribution < -0.4 is 0 Å². The van der Waals surface area contributed by atoms with Crippen molar-refractivity contribution < 1.29 is 4.42 Å². The summed E-state index contributed by atoms with van der Waals surface area (Å²) >= 11 is 0. The van der Waals surface area contributed by atoms with E-state index in [4.69, 9.17) is 19.4 Å². The van der Waals surface area contributed by atoms with E-state index >= 15 is 0 Å². The van der Waals surface area contributed by atoms with Gasteiger partial charge in [0.15, 0.2) is 17.5 Å². The molecule has 328 valence electrons. The zero-order valence-corrected chi connectivity index (χ0v) is 38.1. The van der Waals surface area contributed by atoms with Gasteiger partial charge < -0.3 is 13.6 Å². The number of fused-ring (bicyclic) bond motifs is 11. The Hall–Kier alpha value is -9.39. The second-order valence-electron chi connectivity index (χ2n) is 17.9. The molecule has 10 aromatic carbocycles. The molecule has 6 heteroatoms. The van der Waals surface area contributed by atoms with E-state index in [1.807, 2.05) is 6.08 Å². The van der Waals surface area contributed by atoms with E-state index in [0.29, 0.717) is 23.1 Å². The highest BCUT2D eigenvalue weighted by Gasteiger charge is 2.27. The summed E-state index contributed by atoms with van der Waals surface area (Å²) < 4.78 is 11.8. The van der Waals surface area contributed by atoms with Gasteiger partial charge in [-0.15, -0.1) is 0 Å². The molecular weight excluding hydrogens is 855 g/mol. The highest BCUT2D eigenvalue weighted by Crippen LogP contribution is 2.45. The molecule has 14 rings (SSSR count). The van der Waals surface area contributed by atoms with Crippen molar-refractivity contribution in [2.75, 3.05) is 0 Å². The van der Waals surface area contributed by atoms with Gasteiger partial charge in [-0.25, -0.2) is 15.0 Å². The Morgan fingerprint density at radius 1 is 0.471 bits per heavy atom. The van der Waals surface area contributed by atoms with Crippen LogP contribution in [-0.2, 0) is 0 Å². The summed E-state index contributed by atoms with van der Waals surface area (Å²) in [6.07, 6.45) is 6.23. The number of hydrogen-bond acceptors (Lipinski definition) is 4. The maximum Gasteiger partial charge on any atom is 0.170 e. The van der Waals surface area contributed by atoms with Crippen molar-refractivity contribution >= 4 is 99.1 Å². The van der Waals surface area contributed by atoms with Crippen molar-refractivity contribution in [3.05, 3.63) is 224 Å². The molecular formula is C64H41N5O. The Kier molecular flexibility index (Phi) is 8.85. The maximum atomic E-state index is 7.18.